The first-order chi connectivity index (χ1) is 17.0. The minimum atomic E-state index is -0.413. The van der Waals surface area contributed by atoms with Crippen LogP contribution >= 0.6 is 0 Å². The molecule has 2 rings (SSSR count). The third-order valence-electron chi connectivity index (χ3n) is 5.10. The Balaban J connectivity index is 1.99. The summed E-state index contributed by atoms with van der Waals surface area (Å²) >= 11 is 0. The van der Waals surface area contributed by atoms with E-state index in [1.165, 1.54) is 13.1 Å². The molecule has 0 atom stereocenters. The van der Waals surface area contributed by atoms with Gasteiger partial charge < -0.3 is 29.4 Å². The molecule has 0 bridgehead atoms. The lowest BCUT2D eigenvalue weighted by Crippen LogP contribution is -2.18. The van der Waals surface area contributed by atoms with Crippen molar-refractivity contribution in [2.75, 3.05) is 33.5 Å². The maximum atomic E-state index is 12.0. The lowest BCUT2D eigenvalue weighted by atomic mass is 10.0. The summed E-state index contributed by atoms with van der Waals surface area (Å²) in [5.74, 6) is 0.910. The van der Waals surface area contributed by atoms with E-state index >= 15 is 0 Å². The molecule has 0 radical (unpaired) electrons. The summed E-state index contributed by atoms with van der Waals surface area (Å²) in [6.45, 7) is 8.44. The quantitative estimate of drug-likeness (QED) is 0.221. The molecule has 0 heterocycles. The van der Waals surface area contributed by atoms with Gasteiger partial charge in [0, 0.05) is 24.6 Å². The van der Waals surface area contributed by atoms with Gasteiger partial charge in [-0.25, -0.2) is 4.79 Å². The van der Waals surface area contributed by atoms with Crippen LogP contribution in [0.25, 0.3) is 0 Å². The van der Waals surface area contributed by atoms with Gasteiger partial charge in [0.15, 0.2) is 6.61 Å². The van der Waals surface area contributed by atoms with Gasteiger partial charge in [-0.05, 0) is 44.0 Å². The van der Waals surface area contributed by atoms with E-state index in [2.05, 4.69) is 18.8 Å². The third kappa shape index (κ3) is 7.95. The molecule has 0 saturated heterocycles. The van der Waals surface area contributed by atoms with Gasteiger partial charge >= 0.3 is 5.97 Å². The van der Waals surface area contributed by atoms with Crippen molar-refractivity contribution in [3.63, 3.8) is 0 Å². The maximum absolute atomic E-state index is 12.0. The van der Waals surface area contributed by atoms with Gasteiger partial charge in [0.05, 0.1) is 25.4 Å². The normalized spacial score (nSPS) is 10.4. The van der Waals surface area contributed by atoms with E-state index in [4.69, 9.17) is 18.9 Å². The van der Waals surface area contributed by atoms with Crippen LogP contribution in [0.2, 0.25) is 0 Å². The number of carbonyl (C=O) groups excluding carboxylic acids is 2. The second kappa shape index (κ2) is 14.6. The van der Waals surface area contributed by atoms with E-state index in [1.54, 1.807) is 19.1 Å². The summed E-state index contributed by atoms with van der Waals surface area (Å²) in [5.41, 5.74) is 1.61. The zero-order valence-electron chi connectivity index (χ0n) is 20.7. The van der Waals surface area contributed by atoms with Gasteiger partial charge in [0.25, 0.3) is 5.91 Å². The lowest BCUT2D eigenvalue weighted by Gasteiger charge is -2.17. The number of ether oxygens (including phenoxy) is 4. The number of phenolic OH excluding ortho intramolecular Hbond substituents is 1. The molecular formula is C27H35NO7. The van der Waals surface area contributed by atoms with Crippen LogP contribution in [0.15, 0.2) is 43.0 Å². The fourth-order valence-electron chi connectivity index (χ4n) is 3.49. The molecule has 1 amide bonds. The molecule has 0 aromatic heterocycles. The Hall–Kier alpha value is -3.68. The van der Waals surface area contributed by atoms with Crippen LogP contribution in [0.5, 0.6) is 23.0 Å². The highest BCUT2D eigenvalue weighted by Crippen LogP contribution is 2.33. The van der Waals surface area contributed by atoms with Crippen LogP contribution in [0.4, 0.5) is 0 Å². The van der Waals surface area contributed by atoms with Crippen molar-refractivity contribution in [3.05, 3.63) is 59.7 Å². The number of hydrogen-bond acceptors (Lipinski definition) is 7. The van der Waals surface area contributed by atoms with E-state index in [0.717, 1.165) is 18.4 Å². The van der Waals surface area contributed by atoms with E-state index in [1.807, 2.05) is 18.2 Å². The highest BCUT2D eigenvalue weighted by Gasteiger charge is 2.17. The fraction of sp³-hybridized carbons (Fsp3) is 0.407. The van der Waals surface area contributed by atoms with E-state index < -0.39 is 5.97 Å². The first kappa shape index (κ1) is 27.6. The van der Waals surface area contributed by atoms with E-state index in [9.17, 15) is 14.7 Å². The molecule has 2 N–H and O–H groups in total. The summed E-state index contributed by atoms with van der Waals surface area (Å²) in [7, 11) is 1.51. The third-order valence-corrected chi connectivity index (χ3v) is 5.10. The molecule has 0 aliphatic carbocycles. The van der Waals surface area contributed by atoms with Crippen molar-refractivity contribution in [3.8, 4) is 23.0 Å². The van der Waals surface area contributed by atoms with Gasteiger partial charge in [0.1, 0.15) is 23.0 Å². The molecule has 2 aromatic carbocycles. The van der Waals surface area contributed by atoms with Gasteiger partial charge in [-0.15, -0.1) is 6.58 Å². The molecule has 0 aliphatic heterocycles. The number of rotatable bonds is 15. The summed E-state index contributed by atoms with van der Waals surface area (Å²) in [6.07, 6.45) is 4.23. The second-order valence-electron chi connectivity index (χ2n) is 7.64. The van der Waals surface area contributed by atoms with E-state index in [-0.39, 0.29) is 23.8 Å². The molecule has 8 heteroatoms. The van der Waals surface area contributed by atoms with Crippen LogP contribution in [0.3, 0.4) is 0 Å². The molecule has 0 fully saturated rings. The summed E-state index contributed by atoms with van der Waals surface area (Å²) < 4.78 is 22.5. The van der Waals surface area contributed by atoms with E-state index in [0.29, 0.717) is 55.5 Å². The van der Waals surface area contributed by atoms with Crippen molar-refractivity contribution in [2.45, 2.75) is 39.5 Å². The first-order valence-electron chi connectivity index (χ1n) is 11.8. The first-order valence-corrected chi connectivity index (χ1v) is 11.8. The van der Waals surface area contributed by atoms with Crippen LogP contribution in [-0.4, -0.2) is 50.5 Å². The Morgan fingerprint density at radius 3 is 2.26 bits per heavy atom. The predicted octanol–water partition coefficient (Wildman–Crippen LogP) is 4.22. The molecular weight excluding hydrogens is 450 g/mol. The fourth-order valence-corrected chi connectivity index (χ4v) is 3.49. The van der Waals surface area contributed by atoms with Crippen LogP contribution in [0, 0.1) is 0 Å². The summed E-state index contributed by atoms with van der Waals surface area (Å²) in [4.78, 5) is 23.6. The van der Waals surface area contributed by atoms with Crippen molar-refractivity contribution in [2.24, 2.45) is 0 Å². The minimum Gasteiger partial charge on any atom is -0.507 e. The standard InChI is InChI=1S/C27H35NO7/c1-5-10-19-22(12-8-13-23(19)35-18-25(29)32-7-3)33-16-9-17-34-24-15-14-21(27(31)28-4)26(30)20(24)11-6-2/h6,8,12-15,30H,2,5,7,9-11,16-18H2,1,3-4H3,(H,28,31). The highest BCUT2D eigenvalue weighted by molar-refractivity contribution is 5.97. The summed E-state index contributed by atoms with van der Waals surface area (Å²) in [6, 6.07) is 8.72. The zero-order valence-corrected chi connectivity index (χ0v) is 20.7. The monoisotopic (exact) mass is 485 g/mol. The predicted molar refractivity (Wildman–Crippen MR) is 134 cm³/mol. The van der Waals surface area contributed by atoms with Crippen LogP contribution in [-0.2, 0) is 22.4 Å². The topological polar surface area (TPSA) is 103 Å². The number of aromatic hydroxyl groups is 1. The number of esters is 1. The zero-order chi connectivity index (χ0) is 25.6. The van der Waals surface area contributed by atoms with Gasteiger partial charge in [0.2, 0.25) is 0 Å². The Kier molecular flexibility index (Phi) is 11.5. The number of benzene rings is 2. The maximum Gasteiger partial charge on any atom is 0.344 e. The van der Waals surface area contributed by atoms with Crippen LogP contribution in [0.1, 0.15) is 48.2 Å². The largest absolute Gasteiger partial charge is 0.507 e. The molecule has 0 aliphatic rings. The number of carbonyl (C=O) groups is 2. The molecule has 35 heavy (non-hydrogen) atoms. The minimum absolute atomic E-state index is 0.109. The molecule has 8 nitrogen and oxygen atoms in total. The number of phenols is 1. The Bertz CT molecular complexity index is 1000. The smallest absolute Gasteiger partial charge is 0.344 e. The molecule has 190 valence electrons. The van der Waals surface area contributed by atoms with Crippen molar-refractivity contribution >= 4 is 11.9 Å². The number of nitrogens with one attached hydrogen (secondary N) is 1. The molecule has 0 unspecified atom stereocenters. The Morgan fingerprint density at radius 1 is 1.00 bits per heavy atom. The van der Waals surface area contributed by atoms with Gasteiger partial charge in [-0.3, -0.25) is 4.79 Å². The molecule has 0 spiro atoms. The Labute approximate surface area is 206 Å². The van der Waals surface area contributed by atoms with Crippen molar-refractivity contribution in [1.29, 1.82) is 0 Å². The molecule has 0 saturated carbocycles. The summed E-state index contributed by atoms with van der Waals surface area (Å²) in [5, 5.41) is 13.0. The lowest BCUT2D eigenvalue weighted by molar-refractivity contribution is -0.145. The average molecular weight is 486 g/mol. The Morgan fingerprint density at radius 2 is 1.66 bits per heavy atom. The number of amides is 1. The van der Waals surface area contributed by atoms with Gasteiger partial charge in [-0.1, -0.05) is 25.5 Å². The SMILES string of the molecule is C=CCc1c(OCCCOc2cccc(OCC(=O)OCC)c2CCC)ccc(C(=O)NC)c1O. The number of hydrogen-bond donors (Lipinski definition) is 2. The second-order valence-corrected chi connectivity index (χ2v) is 7.64. The van der Waals surface area contributed by atoms with Gasteiger partial charge in [-0.2, -0.15) is 0 Å². The van der Waals surface area contributed by atoms with Crippen molar-refractivity contribution < 1.29 is 33.6 Å². The highest BCUT2D eigenvalue weighted by atomic mass is 16.6. The van der Waals surface area contributed by atoms with Crippen LogP contribution < -0.4 is 19.5 Å². The average Bonchev–Trinajstić information content (AvgIpc) is 2.85. The number of allylic oxidation sites excluding steroid dienone is 1. The molecule has 2 aromatic rings. The van der Waals surface area contributed by atoms with Crippen molar-refractivity contribution in [1.82, 2.24) is 5.32 Å².